The van der Waals surface area contributed by atoms with Gasteiger partial charge in [-0.3, -0.25) is 4.79 Å². The minimum atomic E-state index is -0.272. The average Bonchev–Trinajstić information content (AvgIpc) is 3.27. The molecular weight excluding hydrogens is 330 g/mol. The number of nitrogens with zero attached hydrogens (tertiary/aromatic N) is 2. The molecular formula is C17H16ClN3O3. The van der Waals surface area contributed by atoms with Crippen LogP contribution in [-0.2, 0) is 0 Å². The Morgan fingerprint density at radius 1 is 1.21 bits per heavy atom. The monoisotopic (exact) mass is 345 g/mol. The van der Waals surface area contributed by atoms with Gasteiger partial charge in [-0.25, -0.2) is 4.98 Å². The van der Waals surface area contributed by atoms with E-state index in [4.69, 9.17) is 21.1 Å². The number of pyridine rings is 1. The number of carbonyl (C=O) groups is 1. The number of benzene rings is 1. The van der Waals surface area contributed by atoms with E-state index >= 15 is 0 Å². The third-order valence-corrected chi connectivity index (χ3v) is 4.41. The summed E-state index contributed by atoms with van der Waals surface area (Å²) < 4.78 is 10.5. The van der Waals surface area contributed by atoms with Gasteiger partial charge in [-0.15, -0.1) is 0 Å². The van der Waals surface area contributed by atoms with Gasteiger partial charge < -0.3 is 19.7 Å². The lowest BCUT2D eigenvalue weighted by molar-refractivity contribution is 0.102. The van der Waals surface area contributed by atoms with E-state index in [1.165, 1.54) is 12.8 Å². The van der Waals surface area contributed by atoms with Crippen LogP contribution in [0.25, 0.3) is 0 Å². The molecule has 0 bridgehead atoms. The molecule has 0 spiro atoms. The smallest absolute Gasteiger partial charge is 0.255 e. The maximum atomic E-state index is 12.4. The number of halogens is 1. The number of aromatic nitrogens is 1. The van der Waals surface area contributed by atoms with E-state index in [-0.39, 0.29) is 12.7 Å². The Morgan fingerprint density at radius 3 is 2.79 bits per heavy atom. The molecule has 0 aliphatic carbocycles. The van der Waals surface area contributed by atoms with E-state index in [1.54, 1.807) is 18.3 Å². The Bertz CT molecular complexity index is 773. The van der Waals surface area contributed by atoms with Crippen LogP contribution in [-0.4, -0.2) is 30.8 Å². The minimum absolute atomic E-state index is 0.113. The largest absolute Gasteiger partial charge is 0.454 e. The first-order chi connectivity index (χ1) is 11.7. The van der Waals surface area contributed by atoms with Gasteiger partial charge in [0.1, 0.15) is 5.82 Å². The normalized spacial score (nSPS) is 15.6. The molecule has 0 radical (unpaired) electrons. The molecule has 7 heteroatoms. The first kappa shape index (κ1) is 15.1. The molecule has 2 aliphatic heterocycles. The Morgan fingerprint density at radius 2 is 2.04 bits per heavy atom. The van der Waals surface area contributed by atoms with Crippen molar-refractivity contribution in [1.29, 1.82) is 0 Å². The SMILES string of the molecule is O=C(Nc1ccc(N2CCCC2)nc1)c1cc(Cl)c2c(c1)OCO2. The number of fused-ring (bicyclic) bond motifs is 1. The third kappa shape index (κ3) is 2.85. The second-order valence-corrected chi connectivity index (χ2v) is 6.15. The molecule has 4 rings (SSSR count). The van der Waals surface area contributed by atoms with Gasteiger partial charge in [0, 0.05) is 18.7 Å². The van der Waals surface area contributed by atoms with Gasteiger partial charge >= 0.3 is 0 Å². The van der Waals surface area contributed by atoms with E-state index in [0.29, 0.717) is 27.8 Å². The van der Waals surface area contributed by atoms with Crippen molar-refractivity contribution in [3.05, 3.63) is 41.0 Å². The van der Waals surface area contributed by atoms with E-state index in [9.17, 15) is 4.79 Å². The van der Waals surface area contributed by atoms with Crippen molar-refractivity contribution in [3.8, 4) is 11.5 Å². The average molecular weight is 346 g/mol. The molecule has 1 saturated heterocycles. The fraction of sp³-hybridized carbons (Fsp3) is 0.294. The minimum Gasteiger partial charge on any atom is -0.454 e. The van der Waals surface area contributed by atoms with Gasteiger partial charge in [-0.1, -0.05) is 11.6 Å². The Hall–Kier alpha value is -2.47. The second kappa shape index (κ2) is 6.20. The number of hydrogen-bond acceptors (Lipinski definition) is 5. The molecule has 1 aromatic heterocycles. The molecule has 0 unspecified atom stereocenters. The standard InChI is InChI=1S/C17H16ClN3O3/c18-13-7-11(8-14-16(13)24-10-23-14)17(22)20-12-3-4-15(19-9-12)21-5-1-2-6-21/h3-4,7-9H,1-2,5-6,10H2,(H,20,22). The van der Waals surface area contributed by atoms with Crippen LogP contribution in [0.4, 0.5) is 11.5 Å². The first-order valence-electron chi connectivity index (χ1n) is 7.82. The quantitative estimate of drug-likeness (QED) is 0.924. The third-order valence-electron chi connectivity index (χ3n) is 4.13. The molecule has 1 N–H and O–H groups in total. The van der Waals surface area contributed by atoms with Gasteiger partial charge in [0.2, 0.25) is 6.79 Å². The van der Waals surface area contributed by atoms with Crippen LogP contribution in [0.3, 0.4) is 0 Å². The van der Waals surface area contributed by atoms with Crippen LogP contribution in [0.5, 0.6) is 11.5 Å². The highest BCUT2D eigenvalue weighted by atomic mass is 35.5. The van der Waals surface area contributed by atoms with Gasteiger partial charge in [-0.2, -0.15) is 0 Å². The lowest BCUT2D eigenvalue weighted by atomic mass is 10.2. The molecule has 1 aromatic carbocycles. The maximum absolute atomic E-state index is 12.4. The summed E-state index contributed by atoms with van der Waals surface area (Å²) in [7, 11) is 0. The van der Waals surface area contributed by atoms with Gasteiger partial charge in [0.15, 0.2) is 11.5 Å². The molecule has 24 heavy (non-hydrogen) atoms. The molecule has 1 fully saturated rings. The van der Waals surface area contributed by atoms with Crippen molar-refractivity contribution >= 4 is 29.0 Å². The number of hydrogen-bond donors (Lipinski definition) is 1. The fourth-order valence-corrected chi connectivity index (χ4v) is 3.16. The molecule has 124 valence electrons. The van der Waals surface area contributed by atoms with Crippen molar-refractivity contribution in [2.45, 2.75) is 12.8 Å². The zero-order valence-electron chi connectivity index (χ0n) is 12.9. The molecule has 6 nitrogen and oxygen atoms in total. The Balaban J connectivity index is 1.49. The van der Waals surface area contributed by atoms with Crippen LogP contribution in [0.1, 0.15) is 23.2 Å². The fourth-order valence-electron chi connectivity index (χ4n) is 2.90. The topological polar surface area (TPSA) is 63.7 Å². The zero-order chi connectivity index (χ0) is 16.5. The predicted molar refractivity (Wildman–Crippen MR) is 91.2 cm³/mol. The van der Waals surface area contributed by atoms with Crippen LogP contribution >= 0.6 is 11.6 Å². The molecule has 0 atom stereocenters. The summed E-state index contributed by atoms with van der Waals surface area (Å²) in [5.74, 6) is 1.63. The van der Waals surface area contributed by atoms with E-state index in [2.05, 4.69) is 15.2 Å². The summed E-state index contributed by atoms with van der Waals surface area (Å²) in [4.78, 5) is 19.1. The molecule has 0 saturated carbocycles. The Kier molecular flexibility index (Phi) is 3.90. The zero-order valence-corrected chi connectivity index (χ0v) is 13.7. The summed E-state index contributed by atoms with van der Waals surface area (Å²) in [5.41, 5.74) is 1.05. The summed E-state index contributed by atoms with van der Waals surface area (Å²) in [5, 5.41) is 3.18. The van der Waals surface area contributed by atoms with Crippen molar-refractivity contribution in [2.24, 2.45) is 0 Å². The molecule has 3 heterocycles. The maximum Gasteiger partial charge on any atom is 0.255 e. The van der Waals surface area contributed by atoms with Crippen molar-refractivity contribution in [3.63, 3.8) is 0 Å². The Labute approximate surface area is 144 Å². The summed E-state index contributed by atoms with van der Waals surface area (Å²) >= 11 is 6.11. The molecule has 1 amide bonds. The van der Waals surface area contributed by atoms with Gasteiger partial charge in [0.05, 0.1) is 16.9 Å². The van der Waals surface area contributed by atoms with Crippen LogP contribution in [0.15, 0.2) is 30.5 Å². The van der Waals surface area contributed by atoms with Gasteiger partial charge in [-0.05, 0) is 37.1 Å². The van der Waals surface area contributed by atoms with Crippen molar-refractivity contribution in [2.75, 3.05) is 30.1 Å². The van der Waals surface area contributed by atoms with Gasteiger partial charge in [0.25, 0.3) is 5.91 Å². The lowest BCUT2D eigenvalue weighted by Crippen LogP contribution is -2.19. The molecule has 2 aliphatic rings. The highest BCUT2D eigenvalue weighted by Crippen LogP contribution is 2.39. The van der Waals surface area contributed by atoms with Crippen molar-refractivity contribution in [1.82, 2.24) is 4.98 Å². The van der Waals surface area contributed by atoms with Crippen LogP contribution in [0, 0.1) is 0 Å². The highest BCUT2D eigenvalue weighted by Gasteiger charge is 2.21. The highest BCUT2D eigenvalue weighted by molar-refractivity contribution is 6.32. The number of rotatable bonds is 3. The van der Waals surface area contributed by atoms with E-state index in [1.807, 2.05) is 12.1 Å². The number of ether oxygens (including phenoxy) is 2. The number of carbonyl (C=O) groups excluding carboxylic acids is 1. The van der Waals surface area contributed by atoms with Crippen molar-refractivity contribution < 1.29 is 14.3 Å². The number of anilines is 2. The predicted octanol–water partition coefficient (Wildman–Crippen LogP) is 3.32. The van der Waals surface area contributed by atoms with Crippen LogP contribution < -0.4 is 19.7 Å². The summed E-state index contributed by atoms with van der Waals surface area (Å²) in [6, 6.07) is 6.96. The van der Waals surface area contributed by atoms with E-state index in [0.717, 1.165) is 18.9 Å². The summed E-state index contributed by atoms with van der Waals surface area (Å²) in [6.07, 6.45) is 4.07. The van der Waals surface area contributed by atoms with Crippen LogP contribution in [0.2, 0.25) is 5.02 Å². The lowest BCUT2D eigenvalue weighted by Gasteiger charge is -2.16. The first-order valence-corrected chi connectivity index (χ1v) is 8.20. The van der Waals surface area contributed by atoms with E-state index < -0.39 is 0 Å². The summed E-state index contributed by atoms with van der Waals surface area (Å²) in [6.45, 7) is 2.19. The molecule has 2 aromatic rings. The number of nitrogens with one attached hydrogen (secondary N) is 1. The second-order valence-electron chi connectivity index (χ2n) is 5.75. The number of amides is 1.